The summed E-state index contributed by atoms with van der Waals surface area (Å²) < 4.78 is 0. The molecule has 1 amide bonds. The minimum atomic E-state index is -0.259. The molecule has 4 nitrogen and oxygen atoms in total. The van der Waals surface area contributed by atoms with Crippen LogP contribution in [0.3, 0.4) is 0 Å². The van der Waals surface area contributed by atoms with Crippen LogP contribution < -0.4 is 5.73 Å². The molecule has 4 heteroatoms. The molecule has 0 radical (unpaired) electrons. The number of Topliss-reactive ketones (excluding diaryl/α,β-unsaturated/α-hetero) is 1. The van der Waals surface area contributed by atoms with Gasteiger partial charge >= 0.3 is 0 Å². The number of piperidine rings is 1. The van der Waals surface area contributed by atoms with Gasteiger partial charge in [-0.15, -0.1) is 0 Å². The summed E-state index contributed by atoms with van der Waals surface area (Å²) in [4.78, 5) is 25.8. The van der Waals surface area contributed by atoms with Gasteiger partial charge in [0.1, 0.15) is 0 Å². The fourth-order valence-electron chi connectivity index (χ4n) is 2.79. The Balaban J connectivity index is 2.06. The average molecular weight is 274 g/mol. The highest BCUT2D eigenvalue weighted by molar-refractivity contribution is 5.98. The maximum Gasteiger partial charge on any atom is 0.221 e. The molecule has 1 fully saturated rings. The third-order valence-corrected chi connectivity index (χ3v) is 4.21. The molecule has 0 aliphatic carbocycles. The Morgan fingerprint density at radius 2 is 2.00 bits per heavy atom. The molecule has 2 rings (SSSR count). The van der Waals surface area contributed by atoms with Gasteiger partial charge in [0.2, 0.25) is 5.91 Å². The van der Waals surface area contributed by atoms with Crippen LogP contribution in [0.25, 0.3) is 0 Å². The molecule has 1 aromatic carbocycles. The molecule has 2 unspecified atom stereocenters. The maximum atomic E-state index is 12.4. The number of carbonyl (C=O) groups is 2. The summed E-state index contributed by atoms with van der Waals surface area (Å²) in [5, 5.41) is 0. The highest BCUT2D eigenvalue weighted by atomic mass is 16.1. The van der Waals surface area contributed by atoms with Gasteiger partial charge in [0.05, 0.1) is 12.5 Å². The van der Waals surface area contributed by atoms with Gasteiger partial charge in [0.15, 0.2) is 5.78 Å². The summed E-state index contributed by atoms with van der Waals surface area (Å²) in [6.45, 7) is 4.99. The van der Waals surface area contributed by atoms with Crippen molar-refractivity contribution in [1.29, 1.82) is 0 Å². The van der Waals surface area contributed by atoms with Crippen LogP contribution in [0.5, 0.6) is 0 Å². The Morgan fingerprint density at radius 3 is 2.65 bits per heavy atom. The van der Waals surface area contributed by atoms with Crippen LogP contribution in [0.4, 0.5) is 0 Å². The number of nitrogens with zero attached hydrogens (tertiary/aromatic N) is 1. The van der Waals surface area contributed by atoms with E-state index in [-0.39, 0.29) is 17.6 Å². The number of rotatable bonds is 4. The number of carbonyl (C=O) groups excluding carboxylic acids is 2. The second-order valence-electron chi connectivity index (χ2n) is 5.69. The van der Waals surface area contributed by atoms with Gasteiger partial charge in [-0.25, -0.2) is 0 Å². The number of benzene rings is 1. The standard InChI is InChI=1S/C16H22N2O2/c1-11-5-3-4-6-14(11)15(19)10-18-9-13(16(17)20)8-7-12(18)2/h3-6,12-13H,7-10H2,1-2H3,(H2,17,20). The van der Waals surface area contributed by atoms with Crippen LogP contribution in [0.2, 0.25) is 0 Å². The van der Waals surface area contributed by atoms with Gasteiger partial charge in [-0.05, 0) is 32.3 Å². The Kier molecular flexibility index (Phi) is 4.55. The van der Waals surface area contributed by atoms with Crippen LogP contribution in [-0.4, -0.2) is 35.7 Å². The smallest absolute Gasteiger partial charge is 0.221 e. The fourth-order valence-corrected chi connectivity index (χ4v) is 2.79. The lowest BCUT2D eigenvalue weighted by atomic mass is 9.92. The van der Waals surface area contributed by atoms with Gasteiger partial charge < -0.3 is 5.73 Å². The second kappa shape index (κ2) is 6.18. The second-order valence-corrected chi connectivity index (χ2v) is 5.69. The van der Waals surface area contributed by atoms with Gasteiger partial charge in [0, 0.05) is 18.2 Å². The Bertz CT molecular complexity index is 513. The molecule has 0 saturated carbocycles. The third-order valence-electron chi connectivity index (χ3n) is 4.21. The van der Waals surface area contributed by atoms with E-state index >= 15 is 0 Å². The van der Waals surface area contributed by atoms with Crippen molar-refractivity contribution in [3.63, 3.8) is 0 Å². The lowest BCUT2D eigenvalue weighted by molar-refractivity contribution is -0.123. The van der Waals surface area contributed by atoms with E-state index in [9.17, 15) is 9.59 Å². The van der Waals surface area contributed by atoms with Gasteiger partial charge in [0.25, 0.3) is 0 Å². The van der Waals surface area contributed by atoms with Crippen LogP contribution in [-0.2, 0) is 4.79 Å². The van der Waals surface area contributed by atoms with Crippen LogP contribution in [0.15, 0.2) is 24.3 Å². The number of ketones is 1. The molecule has 2 N–H and O–H groups in total. The van der Waals surface area contributed by atoms with Crippen molar-refractivity contribution in [2.45, 2.75) is 32.7 Å². The highest BCUT2D eigenvalue weighted by Gasteiger charge is 2.29. The van der Waals surface area contributed by atoms with Crippen molar-refractivity contribution in [1.82, 2.24) is 4.90 Å². The largest absolute Gasteiger partial charge is 0.369 e. The molecule has 1 aliphatic rings. The average Bonchev–Trinajstić information content (AvgIpc) is 2.41. The van der Waals surface area contributed by atoms with Crippen molar-refractivity contribution in [3.8, 4) is 0 Å². The number of primary amides is 1. The summed E-state index contributed by atoms with van der Waals surface area (Å²) in [5.74, 6) is -0.277. The van der Waals surface area contributed by atoms with Crippen LogP contribution in [0, 0.1) is 12.8 Å². The molecule has 2 atom stereocenters. The summed E-state index contributed by atoms with van der Waals surface area (Å²) in [7, 11) is 0. The molecule has 20 heavy (non-hydrogen) atoms. The summed E-state index contributed by atoms with van der Waals surface area (Å²) in [5.41, 5.74) is 7.15. The maximum absolute atomic E-state index is 12.4. The first-order valence-electron chi connectivity index (χ1n) is 7.11. The molecule has 1 heterocycles. The van der Waals surface area contributed by atoms with Crippen molar-refractivity contribution in [2.75, 3.05) is 13.1 Å². The van der Waals surface area contributed by atoms with E-state index < -0.39 is 0 Å². The summed E-state index contributed by atoms with van der Waals surface area (Å²) in [6, 6.07) is 7.93. The number of likely N-dealkylation sites (tertiary alicyclic amines) is 1. The number of amides is 1. The van der Waals surface area contributed by atoms with E-state index in [0.717, 1.165) is 24.0 Å². The van der Waals surface area contributed by atoms with Crippen LogP contribution >= 0.6 is 0 Å². The van der Waals surface area contributed by atoms with E-state index in [4.69, 9.17) is 5.73 Å². The SMILES string of the molecule is Cc1ccccc1C(=O)CN1CC(C(N)=O)CCC1C. The predicted molar refractivity (Wildman–Crippen MR) is 78.5 cm³/mol. The molecule has 108 valence electrons. The van der Waals surface area contributed by atoms with Crippen molar-refractivity contribution < 1.29 is 9.59 Å². The lowest BCUT2D eigenvalue weighted by Crippen LogP contribution is -2.47. The molecular formula is C16H22N2O2. The van der Waals surface area contributed by atoms with Crippen molar-refractivity contribution in [2.24, 2.45) is 11.7 Å². The summed E-state index contributed by atoms with van der Waals surface area (Å²) >= 11 is 0. The minimum Gasteiger partial charge on any atom is -0.369 e. The van der Waals surface area contributed by atoms with Crippen LogP contribution in [0.1, 0.15) is 35.7 Å². The normalized spacial score (nSPS) is 23.5. The fraction of sp³-hybridized carbons (Fsp3) is 0.500. The molecule has 1 saturated heterocycles. The first kappa shape index (κ1) is 14.7. The minimum absolute atomic E-state index is 0.111. The molecule has 0 spiro atoms. The zero-order valence-corrected chi connectivity index (χ0v) is 12.1. The first-order valence-corrected chi connectivity index (χ1v) is 7.11. The highest BCUT2D eigenvalue weighted by Crippen LogP contribution is 2.22. The monoisotopic (exact) mass is 274 g/mol. The van der Waals surface area contributed by atoms with E-state index in [2.05, 4.69) is 11.8 Å². The number of aryl methyl sites for hydroxylation is 1. The number of nitrogens with two attached hydrogens (primary N) is 1. The van der Waals surface area contributed by atoms with E-state index in [0.29, 0.717) is 19.1 Å². The lowest BCUT2D eigenvalue weighted by Gasteiger charge is -2.36. The molecule has 0 aromatic heterocycles. The Labute approximate surface area is 119 Å². The third kappa shape index (κ3) is 3.25. The van der Waals surface area contributed by atoms with Gasteiger partial charge in [-0.2, -0.15) is 0 Å². The van der Waals surface area contributed by atoms with E-state index in [1.807, 2.05) is 31.2 Å². The van der Waals surface area contributed by atoms with Gasteiger partial charge in [-0.1, -0.05) is 24.3 Å². The van der Waals surface area contributed by atoms with Crippen molar-refractivity contribution in [3.05, 3.63) is 35.4 Å². The quantitative estimate of drug-likeness (QED) is 0.851. The number of hydrogen-bond acceptors (Lipinski definition) is 3. The molecular weight excluding hydrogens is 252 g/mol. The Hall–Kier alpha value is -1.68. The molecule has 1 aliphatic heterocycles. The predicted octanol–water partition coefficient (Wildman–Crippen LogP) is 1.76. The van der Waals surface area contributed by atoms with Gasteiger partial charge in [-0.3, -0.25) is 14.5 Å². The molecule has 1 aromatic rings. The zero-order valence-electron chi connectivity index (χ0n) is 12.1. The zero-order chi connectivity index (χ0) is 14.7. The van der Waals surface area contributed by atoms with E-state index in [1.54, 1.807) is 0 Å². The first-order chi connectivity index (χ1) is 9.49. The molecule has 0 bridgehead atoms. The summed E-state index contributed by atoms with van der Waals surface area (Å²) in [6.07, 6.45) is 1.74. The topological polar surface area (TPSA) is 63.4 Å². The van der Waals surface area contributed by atoms with Crippen molar-refractivity contribution >= 4 is 11.7 Å². The van der Waals surface area contributed by atoms with E-state index in [1.165, 1.54) is 0 Å². The number of hydrogen-bond donors (Lipinski definition) is 1. The Morgan fingerprint density at radius 1 is 1.30 bits per heavy atom.